The minimum atomic E-state index is -3.91. The van der Waals surface area contributed by atoms with Crippen molar-refractivity contribution in [1.29, 1.82) is 0 Å². The molecule has 0 saturated carbocycles. The Bertz CT molecular complexity index is 1140. The van der Waals surface area contributed by atoms with Crippen molar-refractivity contribution in [1.82, 2.24) is 9.21 Å². The van der Waals surface area contributed by atoms with Crippen molar-refractivity contribution in [3.63, 3.8) is 0 Å². The van der Waals surface area contributed by atoms with Crippen molar-refractivity contribution in [3.05, 3.63) is 55.2 Å². The van der Waals surface area contributed by atoms with Crippen molar-refractivity contribution >= 4 is 44.6 Å². The van der Waals surface area contributed by atoms with Crippen molar-refractivity contribution in [2.75, 3.05) is 19.6 Å². The second-order valence-electron chi connectivity index (χ2n) is 8.05. The monoisotopic (exact) mass is 497 g/mol. The first kappa shape index (κ1) is 23.2. The van der Waals surface area contributed by atoms with Crippen LogP contribution in [0.25, 0.3) is 0 Å². The van der Waals surface area contributed by atoms with Gasteiger partial charge in [-0.25, -0.2) is 8.42 Å². The summed E-state index contributed by atoms with van der Waals surface area (Å²) in [5.41, 5.74) is 0.794. The molecule has 1 aromatic heterocycles. The Morgan fingerprint density at radius 3 is 2.62 bits per heavy atom. The fraction of sp³-hybridized carbons (Fsp3) is 0.476. The summed E-state index contributed by atoms with van der Waals surface area (Å²) in [5, 5.41) is 13.1. The molecule has 1 aromatic carbocycles. The number of rotatable bonds is 5. The van der Waals surface area contributed by atoms with Crippen LogP contribution < -0.4 is 0 Å². The molecule has 32 heavy (non-hydrogen) atoms. The van der Waals surface area contributed by atoms with Gasteiger partial charge in [-0.2, -0.15) is 4.31 Å². The summed E-state index contributed by atoms with van der Waals surface area (Å²) in [4.78, 5) is 26.9. The molecule has 2 aromatic rings. The minimum absolute atomic E-state index is 0.0777. The van der Waals surface area contributed by atoms with Gasteiger partial charge in [-0.05, 0) is 54.8 Å². The molecular formula is C21H24ClN3O5S2. The largest absolute Gasteiger partial charge is 0.335 e. The second-order valence-corrected chi connectivity index (χ2v) is 11.4. The molecule has 2 aliphatic rings. The quantitative estimate of drug-likeness (QED) is 0.454. The van der Waals surface area contributed by atoms with Gasteiger partial charge < -0.3 is 4.90 Å². The summed E-state index contributed by atoms with van der Waals surface area (Å²) in [6.07, 6.45) is 2.56. The summed E-state index contributed by atoms with van der Waals surface area (Å²) in [5.74, 6) is -0.136. The number of sulfonamides is 1. The Kier molecular flexibility index (Phi) is 6.58. The van der Waals surface area contributed by atoms with E-state index in [0.717, 1.165) is 18.9 Å². The molecule has 3 heterocycles. The number of nitro groups is 1. The van der Waals surface area contributed by atoms with Crippen LogP contribution in [-0.2, 0) is 21.2 Å². The Labute approximate surface area is 196 Å². The van der Waals surface area contributed by atoms with Crippen LogP contribution in [0.15, 0.2) is 34.5 Å². The molecule has 2 aliphatic heterocycles. The molecule has 172 valence electrons. The van der Waals surface area contributed by atoms with E-state index >= 15 is 0 Å². The molecule has 1 fully saturated rings. The van der Waals surface area contributed by atoms with E-state index in [1.165, 1.54) is 26.9 Å². The maximum Gasteiger partial charge on any atom is 0.289 e. The zero-order chi connectivity index (χ0) is 23.0. The topological polar surface area (TPSA) is 101 Å². The number of nitro benzene ring substituents is 1. The molecule has 0 radical (unpaired) electrons. The van der Waals surface area contributed by atoms with E-state index in [0.29, 0.717) is 19.4 Å². The van der Waals surface area contributed by atoms with E-state index in [4.69, 9.17) is 11.6 Å². The van der Waals surface area contributed by atoms with Crippen molar-refractivity contribution in [2.45, 2.75) is 43.5 Å². The van der Waals surface area contributed by atoms with Gasteiger partial charge in [0.05, 0.1) is 15.9 Å². The lowest BCUT2D eigenvalue weighted by atomic mass is 9.92. The number of hydrogen-bond donors (Lipinski definition) is 0. The number of piperidine rings is 1. The molecule has 8 nitrogen and oxygen atoms in total. The SMILES string of the molecule is CC[C@@H]1c2ccsc2CCN1C(=O)C1CCN(S(=O)(=O)c2ccc(Cl)c([N+](=O)[O-])c2)CC1. The van der Waals surface area contributed by atoms with Crippen LogP contribution in [0, 0.1) is 16.0 Å². The summed E-state index contributed by atoms with van der Waals surface area (Å²) in [7, 11) is -3.91. The van der Waals surface area contributed by atoms with Gasteiger partial charge >= 0.3 is 0 Å². The minimum Gasteiger partial charge on any atom is -0.335 e. The predicted octanol–water partition coefficient (Wildman–Crippen LogP) is 4.25. The first-order chi connectivity index (χ1) is 15.2. The average molecular weight is 498 g/mol. The van der Waals surface area contributed by atoms with E-state index in [9.17, 15) is 23.3 Å². The van der Waals surface area contributed by atoms with Gasteiger partial charge in [-0.15, -0.1) is 11.3 Å². The maximum absolute atomic E-state index is 13.3. The van der Waals surface area contributed by atoms with Crippen LogP contribution in [-0.4, -0.2) is 48.1 Å². The van der Waals surface area contributed by atoms with Gasteiger partial charge in [0.15, 0.2) is 0 Å². The van der Waals surface area contributed by atoms with E-state index in [1.807, 2.05) is 4.90 Å². The highest BCUT2D eigenvalue weighted by atomic mass is 35.5. The van der Waals surface area contributed by atoms with Gasteiger partial charge in [-0.3, -0.25) is 14.9 Å². The number of nitrogens with zero attached hydrogens (tertiary/aromatic N) is 3. The van der Waals surface area contributed by atoms with Crippen LogP contribution in [0.1, 0.15) is 42.7 Å². The molecule has 1 saturated heterocycles. The lowest BCUT2D eigenvalue weighted by Crippen LogP contribution is -2.47. The Morgan fingerprint density at radius 2 is 1.97 bits per heavy atom. The third kappa shape index (κ3) is 4.16. The lowest BCUT2D eigenvalue weighted by Gasteiger charge is -2.39. The highest BCUT2D eigenvalue weighted by Crippen LogP contribution is 2.37. The zero-order valence-corrected chi connectivity index (χ0v) is 20.0. The standard InChI is InChI=1S/C21H24ClN3O5S2/c1-2-18-16-8-12-31-20(16)7-11-24(18)21(26)14-5-9-23(10-6-14)32(29,30)15-3-4-17(22)19(13-15)25(27)28/h3-4,8,12-14,18H,2,5-7,9-11H2,1H3/t18-/m1/s1. The van der Waals surface area contributed by atoms with Crippen LogP contribution in [0.2, 0.25) is 5.02 Å². The fourth-order valence-corrected chi connectivity index (χ4v) is 7.22. The highest BCUT2D eigenvalue weighted by Gasteiger charge is 2.38. The molecule has 0 N–H and O–H groups in total. The first-order valence-electron chi connectivity index (χ1n) is 10.5. The number of benzene rings is 1. The van der Waals surface area contributed by atoms with Crippen molar-refractivity contribution in [2.24, 2.45) is 5.92 Å². The van der Waals surface area contributed by atoms with Crippen LogP contribution in [0.5, 0.6) is 0 Å². The van der Waals surface area contributed by atoms with Crippen LogP contribution in [0.3, 0.4) is 0 Å². The van der Waals surface area contributed by atoms with E-state index in [1.54, 1.807) is 11.3 Å². The van der Waals surface area contributed by atoms with E-state index in [2.05, 4.69) is 18.4 Å². The van der Waals surface area contributed by atoms with Gasteiger partial charge in [0, 0.05) is 36.5 Å². The summed E-state index contributed by atoms with van der Waals surface area (Å²) >= 11 is 7.55. The summed E-state index contributed by atoms with van der Waals surface area (Å²) in [6, 6.07) is 5.68. The van der Waals surface area contributed by atoms with Crippen molar-refractivity contribution < 1.29 is 18.1 Å². The van der Waals surface area contributed by atoms with Gasteiger partial charge in [0.2, 0.25) is 15.9 Å². The second kappa shape index (κ2) is 9.09. The van der Waals surface area contributed by atoms with E-state index < -0.39 is 20.6 Å². The molecule has 1 atom stereocenters. The smallest absolute Gasteiger partial charge is 0.289 e. The highest BCUT2D eigenvalue weighted by molar-refractivity contribution is 7.89. The summed E-state index contributed by atoms with van der Waals surface area (Å²) < 4.78 is 27.3. The number of fused-ring (bicyclic) bond motifs is 1. The maximum atomic E-state index is 13.3. The molecule has 1 amide bonds. The van der Waals surface area contributed by atoms with Gasteiger partial charge in [-0.1, -0.05) is 18.5 Å². The molecule has 0 unspecified atom stereocenters. The molecule has 0 aliphatic carbocycles. The normalized spacial score (nSPS) is 20.2. The summed E-state index contributed by atoms with van der Waals surface area (Å²) in [6.45, 7) is 3.17. The molecule has 4 rings (SSSR count). The van der Waals surface area contributed by atoms with Gasteiger partial charge in [0.1, 0.15) is 5.02 Å². The molecule has 0 spiro atoms. The number of carbonyl (C=O) groups excluding carboxylic acids is 1. The molecule has 0 bridgehead atoms. The molecular weight excluding hydrogens is 474 g/mol. The number of thiophene rings is 1. The zero-order valence-electron chi connectivity index (χ0n) is 17.6. The lowest BCUT2D eigenvalue weighted by molar-refractivity contribution is -0.384. The Balaban J connectivity index is 1.45. The predicted molar refractivity (Wildman–Crippen MR) is 122 cm³/mol. The van der Waals surface area contributed by atoms with Crippen LogP contribution in [0.4, 0.5) is 5.69 Å². The van der Waals surface area contributed by atoms with Crippen LogP contribution >= 0.6 is 22.9 Å². The fourth-order valence-electron chi connectivity index (χ4n) is 4.62. The number of carbonyl (C=O) groups is 1. The number of halogens is 1. The van der Waals surface area contributed by atoms with Crippen molar-refractivity contribution in [3.8, 4) is 0 Å². The Hall–Kier alpha value is -2.01. The third-order valence-electron chi connectivity index (χ3n) is 6.32. The number of hydrogen-bond acceptors (Lipinski definition) is 6. The van der Waals surface area contributed by atoms with E-state index in [-0.39, 0.29) is 40.9 Å². The first-order valence-corrected chi connectivity index (χ1v) is 13.2. The molecule has 11 heteroatoms. The third-order valence-corrected chi connectivity index (χ3v) is 9.53. The average Bonchev–Trinajstić information content (AvgIpc) is 3.27. The van der Waals surface area contributed by atoms with Gasteiger partial charge in [0.25, 0.3) is 5.69 Å². The number of amides is 1. The Morgan fingerprint density at radius 1 is 1.25 bits per heavy atom.